The normalized spacial score (nSPS) is 20.7. The van der Waals surface area contributed by atoms with Crippen LogP contribution in [-0.2, 0) is 4.74 Å². The fraction of sp³-hybridized carbons (Fsp3) is 0.407. The zero-order valence-corrected chi connectivity index (χ0v) is 19.1. The maximum Gasteiger partial charge on any atom is 0.251 e. The molecule has 0 radical (unpaired) electrons. The van der Waals surface area contributed by atoms with Gasteiger partial charge >= 0.3 is 0 Å². The molecule has 176 valence electrons. The Hall–Kier alpha value is -3.19. The maximum atomic E-state index is 14.8. The second-order valence-electron chi connectivity index (χ2n) is 9.56. The molecule has 34 heavy (non-hydrogen) atoms. The van der Waals surface area contributed by atoms with Gasteiger partial charge in [-0.3, -0.25) is 4.79 Å². The number of nitrogens with zero attached hydrogens (tertiary/aromatic N) is 3. The lowest BCUT2D eigenvalue weighted by Crippen LogP contribution is -2.39. The Morgan fingerprint density at radius 1 is 1.03 bits per heavy atom. The third-order valence-corrected chi connectivity index (χ3v) is 7.63. The van der Waals surface area contributed by atoms with Gasteiger partial charge in [0.05, 0.1) is 24.3 Å². The molecule has 2 saturated heterocycles. The Morgan fingerprint density at radius 3 is 2.56 bits per heavy atom. The van der Waals surface area contributed by atoms with E-state index < -0.39 is 0 Å². The Morgan fingerprint density at radius 2 is 1.79 bits per heavy atom. The summed E-state index contributed by atoms with van der Waals surface area (Å²) >= 11 is 0. The Balaban J connectivity index is 1.12. The zero-order valence-electron chi connectivity index (χ0n) is 19.1. The maximum absolute atomic E-state index is 14.8. The summed E-state index contributed by atoms with van der Waals surface area (Å²) in [7, 11) is 0. The van der Waals surface area contributed by atoms with Crippen LogP contribution >= 0.6 is 0 Å². The topological polar surface area (TPSA) is 59.4 Å². The number of imidazole rings is 1. The smallest absolute Gasteiger partial charge is 0.251 e. The summed E-state index contributed by atoms with van der Waals surface area (Å²) in [4.78, 5) is 19.3. The van der Waals surface area contributed by atoms with Crippen LogP contribution < -0.4 is 10.2 Å². The predicted octanol–water partition coefficient (Wildman–Crippen LogP) is 4.42. The molecular formula is C27H29FN4O2. The van der Waals surface area contributed by atoms with Gasteiger partial charge in [-0.1, -0.05) is 12.1 Å². The van der Waals surface area contributed by atoms with Crippen LogP contribution in [0.1, 0.15) is 47.6 Å². The predicted molar refractivity (Wildman–Crippen MR) is 128 cm³/mol. The van der Waals surface area contributed by atoms with Crippen molar-refractivity contribution in [1.82, 2.24) is 14.9 Å². The third-order valence-electron chi connectivity index (χ3n) is 7.63. The number of amides is 1. The molecule has 1 amide bonds. The molecule has 0 bridgehead atoms. The molecule has 3 aliphatic rings. The first-order valence-electron chi connectivity index (χ1n) is 12.2. The van der Waals surface area contributed by atoms with Gasteiger partial charge in [0.15, 0.2) is 0 Å². The third kappa shape index (κ3) is 3.78. The molecule has 7 heteroatoms. The molecule has 6 nitrogen and oxygen atoms in total. The monoisotopic (exact) mass is 460 g/mol. The molecule has 4 heterocycles. The Labute approximate surface area is 198 Å². The number of fused-ring (bicyclic) bond motifs is 3. The van der Waals surface area contributed by atoms with E-state index >= 15 is 0 Å². The lowest BCUT2D eigenvalue weighted by molar-refractivity contribution is 0.0696. The van der Waals surface area contributed by atoms with E-state index in [9.17, 15) is 9.18 Å². The van der Waals surface area contributed by atoms with Crippen molar-refractivity contribution in [3.8, 4) is 11.3 Å². The minimum absolute atomic E-state index is 0.00658. The van der Waals surface area contributed by atoms with Crippen molar-refractivity contribution in [3.63, 3.8) is 0 Å². The molecule has 3 aromatic rings. The van der Waals surface area contributed by atoms with E-state index in [-0.39, 0.29) is 23.8 Å². The highest BCUT2D eigenvalue weighted by atomic mass is 19.1. The minimum Gasteiger partial charge on any atom is -0.381 e. The average molecular weight is 461 g/mol. The number of anilines is 1. The molecule has 0 spiro atoms. The van der Waals surface area contributed by atoms with E-state index in [1.54, 1.807) is 12.1 Å². The summed E-state index contributed by atoms with van der Waals surface area (Å²) in [5.74, 6) is 0.213. The molecule has 2 aromatic carbocycles. The van der Waals surface area contributed by atoms with E-state index in [1.807, 2.05) is 42.9 Å². The number of piperidine rings is 1. The average Bonchev–Trinajstić information content (AvgIpc) is 3.47. The molecule has 2 fully saturated rings. The van der Waals surface area contributed by atoms with Gasteiger partial charge in [-0.2, -0.15) is 0 Å². The van der Waals surface area contributed by atoms with Gasteiger partial charge in [0, 0.05) is 54.7 Å². The largest absolute Gasteiger partial charge is 0.381 e. The SMILES string of the molecule is O=C(NC1CCOCC1)c1ccc(N2CCC(C3c4c(F)cccc4-c4cncn43)CC2)cc1. The lowest BCUT2D eigenvalue weighted by Gasteiger charge is -2.37. The van der Waals surface area contributed by atoms with E-state index in [0.717, 1.165) is 61.3 Å². The molecule has 1 atom stereocenters. The van der Waals surface area contributed by atoms with Crippen molar-refractivity contribution in [2.24, 2.45) is 5.92 Å². The quantitative estimate of drug-likeness (QED) is 0.626. The molecule has 3 aliphatic heterocycles. The summed E-state index contributed by atoms with van der Waals surface area (Å²) < 4.78 is 22.4. The number of benzene rings is 2. The number of ether oxygens (including phenoxy) is 1. The number of carbonyl (C=O) groups is 1. The van der Waals surface area contributed by atoms with Crippen molar-refractivity contribution in [1.29, 1.82) is 0 Å². The van der Waals surface area contributed by atoms with Gasteiger partial charge in [-0.15, -0.1) is 0 Å². The molecule has 6 rings (SSSR count). The first-order valence-corrected chi connectivity index (χ1v) is 12.2. The zero-order chi connectivity index (χ0) is 23.1. The highest BCUT2D eigenvalue weighted by Crippen LogP contribution is 2.46. The van der Waals surface area contributed by atoms with Gasteiger partial charge in [-0.25, -0.2) is 9.37 Å². The molecule has 1 unspecified atom stereocenters. The first-order chi connectivity index (χ1) is 16.7. The summed E-state index contributed by atoms with van der Waals surface area (Å²) in [6.07, 6.45) is 7.37. The number of aromatic nitrogens is 2. The molecular weight excluding hydrogens is 431 g/mol. The van der Waals surface area contributed by atoms with Crippen LogP contribution in [0, 0.1) is 11.7 Å². The summed E-state index contributed by atoms with van der Waals surface area (Å²) in [5, 5.41) is 3.12. The van der Waals surface area contributed by atoms with Gasteiger partial charge in [0.25, 0.3) is 5.91 Å². The van der Waals surface area contributed by atoms with Crippen LogP contribution in [0.4, 0.5) is 10.1 Å². The van der Waals surface area contributed by atoms with Gasteiger partial charge in [0.2, 0.25) is 0 Å². The van der Waals surface area contributed by atoms with E-state index in [0.29, 0.717) is 24.7 Å². The van der Waals surface area contributed by atoms with Crippen molar-refractivity contribution in [2.75, 3.05) is 31.2 Å². The van der Waals surface area contributed by atoms with Crippen LogP contribution in [0.5, 0.6) is 0 Å². The second-order valence-corrected chi connectivity index (χ2v) is 9.56. The molecule has 1 N–H and O–H groups in total. The van der Waals surface area contributed by atoms with Crippen LogP contribution in [-0.4, -0.2) is 47.8 Å². The van der Waals surface area contributed by atoms with Crippen molar-refractivity contribution < 1.29 is 13.9 Å². The highest BCUT2D eigenvalue weighted by molar-refractivity contribution is 5.94. The molecule has 0 aliphatic carbocycles. The fourth-order valence-corrected chi connectivity index (χ4v) is 5.81. The van der Waals surface area contributed by atoms with Crippen LogP contribution in [0.25, 0.3) is 11.3 Å². The molecule has 1 aromatic heterocycles. The van der Waals surface area contributed by atoms with Gasteiger partial charge < -0.3 is 19.5 Å². The summed E-state index contributed by atoms with van der Waals surface area (Å²) in [5.41, 5.74) is 4.62. The molecule has 0 saturated carbocycles. The van der Waals surface area contributed by atoms with Crippen molar-refractivity contribution >= 4 is 11.6 Å². The first kappa shape index (κ1) is 21.4. The summed E-state index contributed by atoms with van der Waals surface area (Å²) in [6.45, 7) is 3.23. The second kappa shape index (κ2) is 8.87. The fourth-order valence-electron chi connectivity index (χ4n) is 5.81. The number of nitrogens with one attached hydrogen (secondary N) is 1. The van der Waals surface area contributed by atoms with Gasteiger partial charge in [-0.05, 0) is 61.9 Å². The minimum atomic E-state index is -0.122. The number of rotatable bonds is 4. The highest BCUT2D eigenvalue weighted by Gasteiger charge is 2.38. The lowest BCUT2D eigenvalue weighted by atomic mass is 9.85. The number of carbonyl (C=O) groups excluding carboxylic acids is 1. The Kier molecular flexibility index (Phi) is 5.57. The number of hydrogen-bond acceptors (Lipinski definition) is 4. The summed E-state index contributed by atoms with van der Waals surface area (Å²) in [6, 6.07) is 13.5. The van der Waals surface area contributed by atoms with Crippen LogP contribution in [0.15, 0.2) is 55.0 Å². The standard InChI is InChI=1S/C27H29FN4O2/c28-23-3-1-2-22-24-16-29-17-32(24)26(25(22)23)18-8-12-31(13-9-18)21-6-4-19(5-7-21)27(33)30-20-10-14-34-15-11-20/h1-7,16-18,20,26H,8-15H2,(H,30,33). The van der Waals surface area contributed by atoms with E-state index in [1.165, 1.54) is 0 Å². The Bertz CT molecular complexity index is 1180. The van der Waals surface area contributed by atoms with E-state index in [2.05, 4.69) is 19.8 Å². The number of halogens is 1. The number of hydrogen-bond donors (Lipinski definition) is 1. The van der Waals surface area contributed by atoms with Gasteiger partial charge in [0.1, 0.15) is 5.82 Å². The van der Waals surface area contributed by atoms with Crippen molar-refractivity contribution in [2.45, 2.75) is 37.8 Å². The van der Waals surface area contributed by atoms with Crippen LogP contribution in [0.3, 0.4) is 0 Å². The van der Waals surface area contributed by atoms with Crippen molar-refractivity contribution in [3.05, 3.63) is 71.9 Å². The van der Waals surface area contributed by atoms with E-state index in [4.69, 9.17) is 4.74 Å². The van der Waals surface area contributed by atoms with Crippen LogP contribution in [0.2, 0.25) is 0 Å².